The molecule has 0 aromatic heterocycles. The van der Waals surface area contributed by atoms with Gasteiger partial charge in [0, 0.05) is 22.6 Å². The summed E-state index contributed by atoms with van der Waals surface area (Å²) in [6.07, 6.45) is 0. The second kappa shape index (κ2) is 12.0. The average molecular weight is 543 g/mol. The number of para-hydroxylation sites is 2. The Bertz CT molecular complexity index is 1470. The van der Waals surface area contributed by atoms with Crippen LogP contribution in [0, 0.1) is 0 Å². The van der Waals surface area contributed by atoms with Crippen LogP contribution in [-0.4, -0.2) is 6.54 Å². The minimum absolute atomic E-state index is 0.410. The first-order chi connectivity index (χ1) is 19.7. The number of benzene rings is 4. The van der Waals surface area contributed by atoms with Gasteiger partial charge in [-0.1, -0.05) is 140 Å². The van der Waals surface area contributed by atoms with Gasteiger partial charge in [-0.05, 0) is 68.2 Å². The Kier molecular flexibility index (Phi) is 8.40. The van der Waals surface area contributed by atoms with Crippen molar-refractivity contribution < 1.29 is 0 Å². The Morgan fingerprint density at radius 3 is 1.22 bits per heavy atom. The normalized spacial score (nSPS) is 12.3. The van der Waals surface area contributed by atoms with Crippen LogP contribution in [0.5, 0.6) is 0 Å². The molecule has 0 spiro atoms. The number of fused-ring (bicyclic) bond motifs is 3. The zero-order valence-electron chi connectivity index (χ0n) is 26.1. The highest BCUT2D eigenvalue weighted by molar-refractivity contribution is 6.03. The molecule has 0 atom stereocenters. The lowest BCUT2D eigenvalue weighted by atomic mass is 9.91. The lowest BCUT2D eigenvalue weighted by Gasteiger charge is -2.26. The van der Waals surface area contributed by atoms with E-state index in [2.05, 4.69) is 151 Å². The molecule has 0 amide bonds. The largest absolute Gasteiger partial charge is 0.379 e. The highest BCUT2D eigenvalue weighted by Crippen LogP contribution is 2.46. The highest BCUT2D eigenvalue weighted by atomic mass is 15.0. The quantitative estimate of drug-likeness (QED) is 0.193. The molecule has 0 unspecified atom stereocenters. The lowest BCUT2D eigenvalue weighted by Crippen LogP contribution is -2.18. The topological polar surface area (TPSA) is 24.1 Å². The molecule has 4 aromatic rings. The number of hydrogen-bond donors (Lipinski definition) is 2. The van der Waals surface area contributed by atoms with Crippen molar-refractivity contribution >= 4 is 16.9 Å². The van der Waals surface area contributed by atoms with Gasteiger partial charge < -0.3 is 10.6 Å². The molecule has 0 bridgehead atoms. The minimum Gasteiger partial charge on any atom is -0.379 e. The van der Waals surface area contributed by atoms with E-state index >= 15 is 0 Å². The molecule has 2 nitrogen and oxygen atoms in total. The molecule has 0 fully saturated rings. The fraction of sp³-hybridized carbons (Fsp3) is 0.333. The van der Waals surface area contributed by atoms with Crippen LogP contribution in [0.4, 0.5) is 11.4 Å². The number of hydrogen-bond acceptors (Lipinski definition) is 2. The first-order valence-electron chi connectivity index (χ1n) is 15.4. The molecule has 212 valence electrons. The monoisotopic (exact) mass is 542 g/mol. The summed E-state index contributed by atoms with van der Waals surface area (Å²) in [4.78, 5) is 0. The number of rotatable bonds is 9. The van der Waals surface area contributed by atoms with E-state index < -0.39 is 0 Å². The maximum Gasteiger partial charge on any atom is 0.0558 e. The zero-order chi connectivity index (χ0) is 29.3. The van der Waals surface area contributed by atoms with Crippen LogP contribution in [0.3, 0.4) is 0 Å². The molecule has 4 aromatic carbocycles. The van der Waals surface area contributed by atoms with Gasteiger partial charge in [0.25, 0.3) is 0 Å². The van der Waals surface area contributed by atoms with Crippen molar-refractivity contribution in [2.45, 2.75) is 79.1 Å². The molecule has 0 saturated carbocycles. The van der Waals surface area contributed by atoms with Gasteiger partial charge in [-0.15, -0.1) is 0 Å². The fourth-order valence-electron chi connectivity index (χ4n) is 6.32. The van der Waals surface area contributed by atoms with Crippen molar-refractivity contribution in [1.82, 2.24) is 0 Å². The van der Waals surface area contributed by atoms with Gasteiger partial charge >= 0.3 is 0 Å². The van der Waals surface area contributed by atoms with Crippen molar-refractivity contribution in [2.75, 3.05) is 17.2 Å². The predicted octanol–water partition coefficient (Wildman–Crippen LogP) is 11.1. The molecule has 0 heterocycles. The second-order valence-electron chi connectivity index (χ2n) is 12.7. The van der Waals surface area contributed by atoms with E-state index in [9.17, 15) is 0 Å². The zero-order valence-corrected chi connectivity index (χ0v) is 26.1. The standard InChI is InChI=1S/C39H46N2/c1-24(2)28-19-13-20-29(25(3)4)38(28)40-23-36(41-39-30(26(5)6)21-14-22-31(39)27(7)8)37-34-17-11-9-15-32(34)33-16-10-12-18-35(33)37/h9-22,24-27,40-41H,23H2,1-8H3. The maximum atomic E-state index is 4.09. The third-order valence-corrected chi connectivity index (χ3v) is 8.45. The first kappa shape index (κ1) is 28.7. The summed E-state index contributed by atoms with van der Waals surface area (Å²) >= 11 is 0. The van der Waals surface area contributed by atoms with E-state index in [1.54, 1.807) is 0 Å². The van der Waals surface area contributed by atoms with Gasteiger partial charge in [-0.3, -0.25) is 0 Å². The Morgan fingerprint density at radius 1 is 0.463 bits per heavy atom. The van der Waals surface area contributed by atoms with E-state index in [0.717, 1.165) is 0 Å². The van der Waals surface area contributed by atoms with Gasteiger partial charge in [0.2, 0.25) is 0 Å². The van der Waals surface area contributed by atoms with Crippen LogP contribution in [0.2, 0.25) is 0 Å². The van der Waals surface area contributed by atoms with Crippen molar-refractivity contribution in [3.63, 3.8) is 0 Å². The third-order valence-electron chi connectivity index (χ3n) is 8.45. The van der Waals surface area contributed by atoms with E-state index in [0.29, 0.717) is 30.2 Å². The summed E-state index contributed by atoms with van der Waals surface area (Å²) < 4.78 is 0. The van der Waals surface area contributed by atoms with Crippen molar-refractivity contribution in [1.29, 1.82) is 0 Å². The fourth-order valence-corrected chi connectivity index (χ4v) is 6.32. The van der Waals surface area contributed by atoms with E-state index in [4.69, 9.17) is 0 Å². The average Bonchev–Trinajstić information content (AvgIpc) is 3.29. The maximum absolute atomic E-state index is 4.09. The summed E-state index contributed by atoms with van der Waals surface area (Å²) in [5.41, 5.74) is 15.7. The molecule has 0 aliphatic heterocycles. The van der Waals surface area contributed by atoms with Crippen molar-refractivity contribution in [3.05, 3.63) is 124 Å². The Hall–Kier alpha value is -3.78. The Morgan fingerprint density at radius 2 is 0.829 bits per heavy atom. The second-order valence-corrected chi connectivity index (χ2v) is 12.7. The summed E-state index contributed by atoms with van der Waals surface area (Å²) in [5.74, 6) is 1.69. The minimum atomic E-state index is 0.410. The molecule has 2 heteroatoms. The summed E-state index contributed by atoms with van der Waals surface area (Å²) in [6, 6.07) is 31.3. The lowest BCUT2D eigenvalue weighted by molar-refractivity contribution is 0.832. The number of anilines is 2. The molecule has 1 aliphatic carbocycles. The van der Waals surface area contributed by atoms with Gasteiger partial charge in [0.1, 0.15) is 0 Å². The Labute approximate surface area is 247 Å². The van der Waals surface area contributed by atoms with Crippen LogP contribution in [0.1, 0.15) is 112 Å². The third kappa shape index (κ3) is 5.58. The summed E-state index contributed by atoms with van der Waals surface area (Å²) in [7, 11) is 0. The van der Waals surface area contributed by atoms with Crippen LogP contribution < -0.4 is 10.6 Å². The van der Waals surface area contributed by atoms with Crippen molar-refractivity contribution in [3.8, 4) is 11.1 Å². The molecule has 0 saturated heterocycles. The van der Waals surface area contributed by atoms with Gasteiger partial charge in [0.15, 0.2) is 0 Å². The summed E-state index contributed by atoms with van der Waals surface area (Å²) in [5, 5.41) is 8.07. The smallest absolute Gasteiger partial charge is 0.0558 e. The van der Waals surface area contributed by atoms with E-state index in [1.807, 2.05) is 0 Å². The molecule has 41 heavy (non-hydrogen) atoms. The predicted molar refractivity (Wildman–Crippen MR) is 179 cm³/mol. The first-order valence-corrected chi connectivity index (χ1v) is 15.4. The van der Waals surface area contributed by atoms with Gasteiger partial charge in [-0.2, -0.15) is 0 Å². The highest BCUT2D eigenvalue weighted by Gasteiger charge is 2.27. The summed E-state index contributed by atoms with van der Waals surface area (Å²) in [6.45, 7) is 19.0. The SMILES string of the molecule is CC(C)c1cccc(C(C)C)c1NCC(Nc1c(C(C)C)cccc1C(C)C)=C1c2ccccc2-c2ccccc21. The molecular weight excluding hydrogens is 496 g/mol. The van der Waals surface area contributed by atoms with Crippen molar-refractivity contribution in [2.24, 2.45) is 0 Å². The number of nitrogens with one attached hydrogen (secondary N) is 2. The molecule has 0 radical (unpaired) electrons. The molecule has 5 rings (SSSR count). The van der Waals surface area contributed by atoms with Gasteiger partial charge in [-0.25, -0.2) is 0 Å². The van der Waals surface area contributed by atoms with Crippen LogP contribution >= 0.6 is 0 Å². The molecule has 2 N–H and O–H groups in total. The molecule has 1 aliphatic rings. The molecular formula is C39H46N2. The van der Waals surface area contributed by atoms with Crippen LogP contribution in [0.15, 0.2) is 90.6 Å². The Balaban J connectivity index is 1.73. The van der Waals surface area contributed by atoms with Gasteiger partial charge in [0.05, 0.1) is 6.54 Å². The van der Waals surface area contributed by atoms with Crippen LogP contribution in [-0.2, 0) is 0 Å². The van der Waals surface area contributed by atoms with Crippen LogP contribution in [0.25, 0.3) is 16.7 Å². The van der Waals surface area contributed by atoms with E-state index in [-0.39, 0.29) is 0 Å². The van der Waals surface area contributed by atoms with E-state index in [1.165, 1.54) is 67.2 Å².